The van der Waals surface area contributed by atoms with Crippen molar-refractivity contribution in [3.8, 4) is 0 Å². The molecule has 8 heteroatoms. The van der Waals surface area contributed by atoms with Crippen LogP contribution in [0.3, 0.4) is 0 Å². The van der Waals surface area contributed by atoms with Gasteiger partial charge in [0.2, 0.25) is 0 Å². The van der Waals surface area contributed by atoms with Gasteiger partial charge in [-0.25, -0.2) is 5.06 Å². The third-order valence-corrected chi connectivity index (χ3v) is 4.66. The van der Waals surface area contributed by atoms with E-state index in [9.17, 15) is 0 Å². The van der Waals surface area contributed by atoms with Crippen molar-refractivity contribution in [2.75, 3.05) is 29.3 Å². The smallest absolute Gasteiger partial charge is 0.0716 e. The molecule has 0 atom stereocenters. The van der Waals surface area contributed by atoms with Crippen LogP contribution in [0.1, 0.15) is 43.9 Å². The van der Waals surface area contributed by atoms with Gasteiger partial charge in [0.1, 0.15) is 0 Å². The number of hydrogen-bond donors (Lipinski definition) is 4. The van der Waals surface area contributed by atoms with Crippen molar-refractivity contribution in [3.63, 3.8) is 0 Å². The molecule has 0 saturated carbocycles. The van der Waals surface area contributed by atoms with Crippen molar-refractivity contribution in [3.05, 3.63) is 53.1 Å². The molecule has 2 aromatic carbocycles. The summed E-state index contributed by atoms with van der Waals surface area (Å²) >= 11 is 0. The highest BCUT2D eigenvalue weighted by Crippen LogP contribution is 2.25. The Morgan fingerprint density at radius 1 is 1.13 bits per heavy atom. The summed E-state index contributed by atoms with van der Waals surface area (Å²) in [4.78, 5) is 9.43. The van der Waals surface area contributed by atoms with E-state index in [0.29, 0.717) is 18.9 Å². The van der Waals surface area contributed by atoms with Crippen molar-refractivity contribution in [2.45, 2.75) is 46.3 Å². The maximum absolute atomic E-state index is 7.38. The molecule has 0 aliphatic heterocycles. The fourth-order valence-electron chi connectivity index (χ4n) is 2.96. The summed E-state index contributed by atoms with van der Waals surface area (Å²) in [7, 11) is 0. The molecule has 0 aromatic heterocycles. The number of nitrogens with one attached hydrogen (secondary N) is 2. The summed E-state index contributed by atoms with van der Waals surface area (Å²) in [5, 5.41) is 12.3. The number of nitrogens with zero attached hydrogens (tertiary/aromatic N) is 1. The normalized spacial score (nSPS) is 11.4. The van der Waals surface area contributed by atoms with Crippen molar-refractivity contribution in [1.82, 2.24) is 0 Å². The van der Waals surface area contributed by atoms with Crippen molar-refractivity contribution >= 4 is 23.3 Å². The van der Waals surface area contributed by atoms with E-state index in [1.54, 1.807) is 5.06 Å². The van der Waals surface area contributed by atoms with Crippen LogP contribution in [0.2, 0.25) is 0 Å². The molecule has 0 spiro atoms. The van der Waals surface area contributed by atoms with Gasteiger partial charge in [0.05, 0.1) is 29.2 Å². The van der Waals surface area contributed by atoms with Gasteiger partial charge in [-0.2, -0.15) is 5.90 Å². The zero-order chi connectivity index (χ0) is 22.1. The second kappa shape index (κ2) is 10.9. The van der Waals surface area contributed by atoms with Gasteiger partial charge in [0.25, 0.3) is 0 Å². The Labute approximate surface area is 178 Å². The number of rotatable bonds is 11. The first-order chi connectivity index (χ1) is 14.3. The fourth-order valence-corrected chi connectivity index (χ4v) is 2.96. The molecule has 6 N–H and O–H groups in total. The number of anilines is 3. The van der Waals surface area contributed by atoms with Crippen LogP contribution in [0.4, 0.5) is 17.1 Å². The molecule has 0 fully saturated rings. The number of nitrogen functional groups attached to an aromatic ring is 1. The van der Waals surface area contributed by atoms with Crippen molar-refractivity contribution in [1.29, 1.82) is 5.41 Å². The maximum Gasteiger partial charge on any atom is 0.0716 e. The number of ether oxygens (including phenoxy) is 1. The minimum absolute atomic E-state index is 0.313. The summed E-state index contributed by atoms with van der Waals surface area (Å²) in [5.74, 6) is 5.06. The monoisotopic (exact) mass is 415 g/mol. The van der Waals surface area contributed by atoms with Gasteiger partial charge in [0.15, 0.2) is 0 Å². The van der Waals surface area contributed by atoms with E-state index in [-0.39, 0.29) is 5.54 Å². The van der Waals surface area contributed by atoms with Crippen LogP contribution in [0, 0.1) is 12.3 Å². The van der Waals surface area contributed by atoms with Crippen LogP contribution in [0.15, 0.2) is 36.4 Å². The molecule has 0 bridgehead atoms. The van der Waals surface area contributed by atoms with E-state index in [4.69, 9.17) is 26.8 Å². The maximum atomic E-state index is 7.38. The molecule has 164 valence electrons. The molecule has 0 radical (unpaired) electrons. The van der Waals surface area contributed by atoms with E-state index in [1.165, 1.54) is 6.21 Å². The number of nitrogens with two attached hydrogens (primary N) is 2. The zero-order valence-electron chi connectivity index (χ0n) is 18.2. The molecule has 0 aliphatic carbocycles. The standard InChI is InChI=1S/C22H33N5O3/c1-16-18(14-23)8-11-20(21(16)24)26-12-5-13-28-15-17-6-9-19(10-7-17)27(30-29-25)22(2,3)4/h6-11,14,23,26H,5,12-13,15,24-25H2,1-4H3. The molecule has 0 heterocycles. The summed E-state index contributed by atoms with van der Waals surface area (Å²) in [6.45, 7) is 9.81. The lowest BCUT2D eigenvalue weighted by molar-refractivity contribution is -0.318. The van der Waals surface area contributed by atoms with Crippen LogP contribution >= 0.6 is 0 Å². The third-order valence-electron chi connectivity index (χ3n) is 4.66. The largest absolute Gasteiger partial charge is 0.397 e. The summed E-state index contributed by atoms with van der Waals surface area (Å²) in [6, 6.07) is 11.7. The van der Waals surface area contributed by atoms with Gasteiger partial charge in [0, 0.05) is 19.4 Å². The topological polar surface area (TPSA) is 119 Å². The van der Waals surface area contributed by atoms with Crippen LogP contribution in [-0.2, 0) is 21.3 Å². The predicted molar refractivity (Wildman–Crippen MR) is 121 cm³/mol. The lowest BCUT2D eigenvalue weighted by Crippen LogP contribution is -2.42. The van der Waals surface area contributed by atoms with Gasteiger partial charge in [-0.3, -0.25) is 0 Å². The first-order valence-corrected chi connectivity index (χ1v) is 9.91. The Bertz CT molecular complexity index is 819. The Morgan fingerprint density at radius 2 is 1.83 bits per heavy atom. The molecule has 8 nitrogen and oxygen atoms in total. The quantitative estimate of drug-likeness (QED) is 0.144. The van der Waals surface area contributed by atoms with Crippen molar-refractivity contribution in [2.24, 2.45) is 5.90 Å². The average molecular weight is 416 g/mol. The zero-order valence-corrected chi connectivity index (χ0v) is 18.2. The molecule has 2 aromatic rings. The van der Waals surface area contributed by atoms with Gasteiger partial charge in [-0.1, -0.05) is 23.2 Å². The van der Waals surface area contributed by atoms with Crippen LogP contribution in [0.25, 0.3) is 0 Å². The van der Waals surface area contributed by atoms with Crippen LogP contribution in [0.5, 0.6) is 0 Å². The van der Waals surface area contributed by atoms with Crippen molar-refractivity contribution < 1.29 is 14.7 Å². The highest BCUT2D eigenvalue weighted by molar-refractivity contribution is 5.85. The Hall–Kier alpha value is -2.65. The summed E-state index contributed by atoms with van der Waals surface area (Å²) in [5.41, 5.74) is 11.0. The minimum atomic E-state index is -0.313. The molecular weight excluding hydrogens is 382 g/mol. The fraction of sp³-hybridized carbons (Fsp3) is 0.409. The second-order valence-electron chi connectivity index (χ2n) is 8.02. The van der Waals surface area contributed by atoms with Crippen LogP contribution < -0.4 is 22.0 Å². The number of hydrogen-bond acceptors (Lipinski definition) is 8. The first-order valence-electron chi connectivity index (χ1n) is 9.91. The van der Waals surface area contributed by atoms with Crippen LogP contribution in [-0.4, -0.2) is 24.9 Å². The third kappa shape index (κ3) is 6.43. The molecule has 0 aliphatic rings. The molecule has 2 rings (SSSR count). The number of benzene rings is 2. The SMILES string of the molecule is Cc1c(C=N)ccc(NCCCOCc2ccc(N(OON)C(C)(C)C)cc2)c1N. The van der Waals surface area contributed by atoms with Gasteiger partial charge in [-0.15, -0.1) is 4.99 Å². The van der Waals surface area contributed by atoms with E-state index in [2.05, 4.69) is 10.3 Å². The van der Waals surface area contributed by atoms with E-state index < -0.39 is 0 Å². The minimum Gasteiger partial charge on any atom is -0.397 e. The van der Waals surface area contributed by atoms with E-state index in [0.717, 1.165) is 41.0 Å². The van der Waals surface area contributed by atoms with Gasteiger partial charge < -0.3 is 21.2 Å². The van der Waals surface area contributed by atoms with Gasteiger partial charge in [-0.05, 0) is 69.0 Å². The highest BCUT2D eigenvalue weighted by atomic mass is 17.3. The molecule has 0 unspecified atom stereocenters. The van der Waals surface area contributed by atoms with Gasteiger partial charge >= 0.3 is 0 Å². The number of hydroxylamine groups is 1. The van der Waals surface area contributed by atoms with E-state index >= 15 is 0 Å². The average Bonchev–Trinajstić information content (AvgIpc) is 2.71. The second-order valence-corrected chi connectivity index (χ2v) is 8.02. The summed E-state index contributed by atoms with van der Waals surface area (Å²) in [6.07, 6.45) is 2.16. The Kier molecular flexibility index (Phi) is 8.61. The Balaban J connectivity index is 1.76. The Morgan fingerprint density at radius 3 is 2.43 bits per heavy atom. The lowest BCUT2D eigenvalue weighted by Gasteiger charge is -2.33. The lowest BCUT2D eigenvalue weighted by atomic mass is 10.1. The van der Waals surface area contributed by atoms with E-state index in [1.807, 2.05) is 64.1 Å². The molecular formula is C22H33N5O3. The first kappa shape index (κ1) is 23.6. The molecule has 30 heavy (non-hydrogen) atoms. The predicted octanol–water partition coefficient (Wildman–Crippen LogP) is 3.94. The highest BCUT2D eigenvalue weighted by Gasteiger charge is 2.24. The summed E-state index contributed by atoms with van der Waals surface area (Å²) < 4.78 is 5.77. The molecule has 0 amide bonds. The molecule has 0 saturated heterocycles.